The van der Waals surface area contributed by atoms with E-state index in [0.717, 1.165) is 5.56 Å². The van der Waals surface area contributed by atoms with Crippen molar-refractivity contribution in [1.82, 2.24) is 19.5 Å². The molecule has 0 aliphatic heterocycles. The van der Waals surface area contributed by atoms with Crippen LogP contribution < -0.4 is 0 Å². The van der Waals surface area contributed by atoms with Crippen molar-refractivity contribution < 1.29 is 13.2 Å². The fourth-order valence-electron chi connectivity index (χ4n) is 2.03. The maximum atomic E-state index is 12.2. The molecule has 0 amide bonds. The van der Waals surface area contributed by atoms with Crippen LogP contribution in [0.15, 0.2) is 18.6 Å². The molecular weight excluding hydrogens is 317 g/mol. The third kappa shape index (κ3) is 5.29. The van der Waals surface area contributed by atoms with Gasteiger partial charge in [0.25, 0.3) is 0 Å². The topological polar surface area (TPSA) is 43.6 Å². The standard InChI is InChI=1S/C14H16ClF3N4/c1-10-7-19-12(20-8-10)4-6-22-9-11(15)21-13(22)3-2-5-14(16,17)18/h7-9H,2-6H2,1H3. The van der Waals surface area contributed by atoms with E-state index in [1.165, 1.54) is 0 Å². The SMILES string of the molecule is Cc1cnc(CCn2cc(Cl)nc2CCCC(F)(F)F)nc1. The summed E-state index contributed by atoms with van der Waals surface area (Å²) >= 11 is 5.85. The Morgan fingerprint density at radius 3 is 2.50 bits per heavy atom. The Morgan fingerprint density at radius 2 is 1.86 bits per heavy atom. The van der Waals surface area contributed by atoms with Gasteiger partial charge in [-0.05, 0) is 18.9 Å². The van der Waals surface area contributed by atoms with Crippen molar-refractivity contribution in [3.8, 4) is 0 Å². The highest BCUT2D eigenvalue weighted by molar-refractivity contribution is 6.29. The van der Waals surface area contributed by atoms with Gasteiger partial charge in [0.1, 0.15) is 16.8 Å². The van der Waals surface area contributed by atoms with Gasteiger partial charge < -0.3 is 4.57 Å². The predicted octanol–water partition coefficient (Wildman–Crippen LogP) is 3.76. The van der Waals surface area contributed by atoms with E-state index in [1.807, 2.05) is 6.92 Å². The molecule has 0 spiro atoms. The maximum Gasteiger partial charge on any atom is 0.389 e. The number of alkyl halides is 3. The Labute approximate surface area is 131 Å². The molecular formula is C14H16ClF3N4. The van der Waals surface area contributed by atoms with E-state index in [9.17, 15) is 13.2 Å². The minimum Gasteiger partial charge on any atom is -0.333 e. The van der Waals surface area contributed by atoms with Crippen molar-refractivity contribution in [3.63, 3.8) is 0 Å². The van der Waals surface area contributed by atoms with Crippen molar-refractivity contribution in [3.05, 3.63) is 41.0 Å². The Balaban J connectivity index is 1.94. The first kappa shape index (κ1) is 16.7. The molecule has 0 radical (unpaired) electrons. The van der Waals surface area contributed by atoms with Crippen LogP contribution in [-0.2, 0) is 19.4 Å². The zero-order valence-electron chi connectivity index (χ0n) is 12.1. The van der Waals surface area contributed by atoms with E-state index in [2.05, 4.69) is 15.0 Å². The minimum absolute atomic E-state index is 0.00211. The molecule has 4 nitrogen and oxygen atoms in total. The summed E-state index contributed by atoms with van der Waals surface area (Å²) < 4.78 is 38.4. The number of hydrogen-bond donors (Lipinski definition) is 0. The normalized spacial score (nSPS) is 11.9. The molecule has 2 heterocycles. The van der Waals surface area contributed by atoms with Crippen LogP contribution in [0.3, 0.4) is 0 Å². The van der Waals surface area contributed by atoms with Gasteiger partial charge in [0.05, 0.1) is 0 Å². The number of nitrogens with zero attached hydrogens (tertiary/aromatic N) is 4. The number of aryl methyl sites for hydroxylation is 4. The molecule has 0 atom stereocenters. The van der Waals surface area contributed by atoms with Gasteiger partial charge in [-0.1, -0.05) is 11.6 Å². The lowest BCUT2D eigenvalue weighted by Crippen LogP contribution is -2.10. The van der Waals surface area contributed by atoms with Gasteiger partial charge in [0.15, 0.2) is 0 Å². The zero-order valence-corrected chi connectivity index (χ0v) is 12.8. The summed E-state index contributed by atoms with van der Waals surface area (Å²) in [6.45, 7) is 2.43. The quantitative estimate of drug-likeness (QED) is 0.809. The van der Waals surface area contributed by atoms with Gasteiger partial charge in [0.2, 0.25) is 0 Å². The molecule has 0 aliphatic carbocycles. The Morgan fingerprint density at radius 1 is 1.18 bits per heavy atom. The molecule has 120 valence electrons. The summed E-state index contributed by atoms with van der Waals surface area (Å²) in [5.41, 5.74) is 0.974. The first-order valence-corrected chi connectivity index (χ1v) is 7.27. The first-order valence-electron chi connectivity index (χ1n) is 6.89. The second kappa shape index (κ2) is 7.09. The zero-order chi connectivity index (χ0) is 16.2. The number of hydrogen-bond acceptors (Lipinski definition) is 3. The predicted molar refractivity (Wildman–Crippen MR) is 76.7 cm³/mol. The van der Waals surface area contributed by atoms with Crippen LogP contribution in [0.4, 0.5) is 13.2 Å². The van der Waals surface area contributed by atoms with Gasteiger partial charge in [0, 0.05) is 44.4 Å². The molecule has 2 aromatic rings. The summed E-state index contributed by atoms with van der Waals surface area (Å²) in [7, 11) is 0. The van der Waals surface area contributed by atoms with Crippen LogP contribution in [0.5, 0.6) is 0 Å². The molecule has 0 bridgehead atoms. The summed E-state index contributed by atoms with van der Waals surface area (Å²) in [6, 6.07) is 0. The van der Waals surface area contributed by atoms with Gasteiger partial charge in [-0.2, -0.15) is 13.2 Å². The van der Waals surface area contributed by atoms with Crippen LogP contribution in [-0.4, -0.2) is 25.7 Å². The van der Waals surface area contributed by atoms with Gasteiger partial charge in [-0.3, -0.25) is 0 Å². The van der Waals surface area contributed by atoms with Crippen molar-refractivity contribution in [2.75, 3.05) is 0 Å². The largest absolute Gasteiger partial charge is 0.389 e. The van der Waals surface area contributed by atoms with Gasteiger partial charge >= 0.3 is 6.18 Å². The highest BCUT2D eigenvalue weighted by atomic mass is 35.5. The number of halogens is 4. The Kier molecular flexibility index (Phi) is 5.39. The molecule has 8 heteroatoms. The van der Waals surface area contributed by atoms with E-state index < -0.39 is 12.6 Å². The van der Waals surface area contributed by atoms with E-state index in [4.69, 9.17) is 11.6 Å². The molecule has 0 N–H and O–H groups in total. The van der Waals surface area contributed by atoms with Gasteiger partial charge in [-0.25, -0.2) is 15.0 Å². The molecule has 0 unspecified atom stereocenters. The molecule has 0 aromatic carbocycles. The Bertz CT molecular complexity index is 608. The molecule has 22 heavy (non-hydrogen) atoms. The second-order valence-electron chi connectivity index (χ2n) is 5.07. The van der Waals surface area contributed by atoms with Crippen LogP contribution >= 0.6 is 11.6 Å². The van der Waals surface area contributed by atoms with E-state index >= 15 is 0 Å². The van der Waals surface area contributed by atoms with Crippen LogP contribution in [0.25, 0.3) is 0 Å². The number of rotatable bonds is 6. The van der Waals surface area contributed by atoms with Crippen LogP contribution in [0.2, 0.25) is 5.15 Å². The lowest BCUT2D eigenvalue weighted by atomic mass is 10.2. The number of imidazole rings is 1. The lowest BCUT2D eigenvalue weighted by Gasteiger charge is -2.08. The average molecular weight is 333 g/mol. The smallest absolute Gasteiger partial charge is 0.333 e. The third-order valence-electron chi connectivity index (χ3n) is 3.10. The van der Waals surface area contributed by atoms with Crippen LogP contribution in [0.1, 0.15) is 30.1 Å². The second-order valence-corrected chi connectivity index (χ2v) is 5.46. The summed E-state index contributed by atoms with van der Waals surface area (Å²) in [4.78, 5) is 12.5. The summed E-state index contributed by atoms with van der Waals surface area (Å²) in [5.74, 6) is 1.23. The van der Waals surface area contributed by atoms with E-state index in [0.29, 0.717) is 24.6 Å². The third-order valence-corrected chi connectivity index (χ3v) is 3.28. The highest BCUT2D eigenvalue weighted by Gasteiger charge is 2.26. The fraction of sp³-hybridized carbons (Fsp3) is 0.500. The average Bonchev–Trinajstić information content (AvgIpc) is 2.77. The van der Waals surface area contributed by atoms with Crippen molar-refractivity contribution in [2.24, 2.45) is 0 Å². The summed E-state index contributed by atoms with van der Waals surface area (Å²) in [5, 5.41) is 0.284. The van der Waals surface area contributed by atoms with Crippen molar-refractivity contribution >= 4 is 11.6 Å². The fourth-order valence-corrected chi connectivity index (χ4v) is 2.24. The summed E-state index contributed by atoms with van der Waals surface area (Å²) in [6.07, 6.45) is 0.924. The monoisotopic (exact) mass is 332 g/mol. The van der Waals surface area contributed by atoms with Crippen molar-refractivity contribution in [1.29, 1.82) is 0 Å². The van der Waals surface area contributed by atoms with E-state index in [-0.39, 0.29) is 18.0 Å². The maximum absolute atomic E-state index is 12.2. The minimum atomic E-state index is -4.14. The number of aromatic nitrogens is 4. The molecule has 0 saturated carbocycles. The molecule has 0 saturated heterocycles. The molecule has 2 rings (SSSR count). The molecule has 2 aromatic heterocycles. The van der Waals surface area contributed by atoms with E-state index in [1.54, 1.807) is 23.2 Å². The van der Waals surface area contributed by atoms with Crippen molar-refractivity contribution in [2.45, 2.75) is 45.3 Å². The first-order chi connectivity index (χ1) is 10.3. The van der Waals surface area contributed by atoms with Gasteiger partial charge in [-0.15, -0.1) is 0 Å². The Hall–Kier alpha value is -1.63. The molecule has 0 aliphatic rings. The molecule has 0 fully saturated rings. The van der Waals surface area contributed by atoms with Crippen LogP contribution in [0, 0.1) is 6.92 Å². The lowest BCUT2D eigenvalue weighted by molar-refractivity contribution is -0.135. The highest BCUT2D eigenvalue weighted by Crippen LogP contribution is 2.23.